The van der Waals surface area contributed by atoms with Crippen molar-refractivity contribution in [3.05, 3.63) is 33.3 Å². The summed E-state index contributed by atoms with van der Waals surface area (Å²) in [5, 5.41) is 12.2. The normalized spacial score (nSPS) is 15.7. The lowest BCUT2D eigenvalue weighted by molar-refractivity contribution is 0.228. The molecule has 0 spiro atoms. The van der Waals surface area contributed by atoms with Crippen molar-refractivity contribution < 1.29 is 9.63 Å². The Morgan fingerprint density at radius 1 is 1.48 bits per heavy atom. The number of hydrogen-bond acceptors (Lipinski definition) is 4. The number of hydrogen-bond donors (Lipinski definition) is 1. The topological polar surface area (TPSA) is 42.4 Å². The predicted octanol–water partition coefficient (Wildman–Crippen LogP) is 5.17. The Labute approximate surface area is 147 Å². The van der Waals surface area contributed by atoms with Gasteiger partial charge in [0.05, 0.1) is 16.8 Å². The summed E-state index contributed by atoms with van der Waals surface area (Å²) in [4.78, 5) is 4.47. The molecule has 23 heavy (non-hydrogen) atoms. The van der Waals surface area contributed by atoms with Gasteiger partial charge in [0.15, 0.2) is 0 Å². The Bertz CT molecular complexity index is 525. The maximum absolute atomic E-state index is 9.05. The first-order valence-corrected chi connectivity index (χ1v) is 9.53. The Hall–Kier alpha value is -0.540. The molecule has 0 amide bonds. The van der Waals surface area contributed by atoms with Crippen LogP contribution in [0.1, 0.15) is 57.2 Å². The molecule has 1 aromatic heterocycles. The first-order chi connectivity index (χ1) is 11.0. The van der Waals surface area contributed by atoms with E-state index < -0.39 is 0 Å². The van der Waals surface area contributed by atoms with Gasteiger partial charge in [-0.05, 0) is 64.0 Å². The number of rotatable bonds is 10. The Morgan fingerprint density at radius 3 is 2.78 bits per heavy atom. The lowest BCUT2D eigenvalue weighted by Crippen LogP contribution is -2.08. The highest BCUT2D eigenvalue weighted by Gasteiger charge is 2.09. The Balaban J connectivity index is 2.51. The van der Waals surface area contributed by atoms with E-state index in [1.54, 1.807) is 11.3 Å². The van der Waals surface area contributed by atoms with Gasteiger partial charge in [0.2, 0.25) is 0 Å². The molecule has 5 heteroatoms. The van der Waals surface area contributed by atoms with Gasteiger partial charge in [0.1, 0.15) is 0 Å². The van der Waals surface area contributed by atoms with E-state index in [1.807, 2.05) is 6.92 Å². The third-order valence-electron chi connectivity index (χ3n) is 3.94. The molecule has 0 aromatic carbocycles. The third kappa shape index (κ3) is 8.21. The molecule has 1 unspecified atom stereocenters. The van der Waals surface area contributed by atoms with E-state index in [9.17, 15) is 0 Å². The molecule has 3 atom stereocenters. The smallest absolute Gasteiger partial charge is 0.0901 e. The van der Waals surface area contributed by atoms with Gasteiger partial charge < -0.3 is 9.63 Å². The molecule has 0 fully saturated rings. The summed E-state index contributed by atoms with van der Waals surface area (Å²) in [6.07, 6.45) is 8.59. The summed E-state index contributed by atoms with van der Waals surface area (Å²) >= 11 is 1.67. The van der Waals surface area contributed by atoms with Gasteiger partial charge in [-0.25, -0.2) is 4.98 Å². The summed E-state index contributed by atoms with van der Waals surface area (Å²) in [5.41, 5.74) is 3.58. The molecule has 1 aromatic rings. The summed E-state index contributed by atoms with van der Waals surface area (Å²) in [6, 6.07) is 0. The molecular formula is C18H30NO2PS. The molecule has 3 nitrogen and oxygen atoms in total. The van der Waals surface area contributed by atoms with Gasteiger partial charge in [-0.15, -0.1) is 11.3 Å². The third-order valence-corrected chi connectivity index (χ3v) is 5.06. The number of aliphatic hydroxyl groups is 1. The molecule has 1 heterocycles. The van der Waals surface area contributed by atoms with E-state index >= 15 is 0 Å². The van der Waals surface area contributed by atoms with E-state index in [-0.39, 0.29) is 12.7 Å². The summed E-state index contributed by atoms with van der Waals surface area (Å²) in [5.74, 6) is 0.401. The molecule has 0 bridgehead atoms. The van der Waals surface area contributed by atoms with Crippen molar-refractivity contribution >= 4 is 26.9 Å². The Kier molecular flexibility index (Phi) is 9.89. The van der Waals surface area contributed by atoms with Crippen molar-refractivity contribution in [2.75, 3.05) is 6.61 Å². The molecule has 1 N–H and O–H groups in total. The van der Waals surface area contributed by atoms with Gasteiger partial charge in [0.25, 0.3) is 0 Å². The number of allylic oxidation sites excluding steroid dienone is 1. The van der Waals surface area contributed by atoms with E-state index in [0.717, 1.165) is 36.4 Å². The Morgan fingerprint density at radius 2 is 2.22 bits per heavy atom. The average Bonchev–Trinajstić information content (AvgIpc) is 2.92. The zero-order chi connectivity index (χ0) is 17.2. The fraction of sp³-hybridized carbons (Fsp3) is 0.611. The van der Waals surface area contributed by atoms with Crippen molar-refractivity contribution in [3.8, 4) is 0 Å². The minimum Gasteiger partial charge on any atom is -0.396 e. The molecule has 0 radical (unpaired) electrons. The van der Waals surface area contributed by atoms with Crippen LogP contribution in [0, 0.1) is 12.8 Å². The summed E-state index contributed by atoms with van der Waals surface area (Å²) in [6.45, 7) is 8.66. The first-order valence-electron chi connectivity index (χ1n) is 8.18. The minimum absolute atomic E-state index is 0.0633. The van der Waals surface area contributed by atoms with E-state index in [4.69, 9.17) is 9.63 Å². The SMILES string of the molecule is C/C(=C/C[C@H](OP)/C(C)=C/c1csc(C)n1)CCC[C@H](C)CO. The zero-order valence-electron chi connectivity index (χ0n) is 14.7. The van der Waals surface area contributed by atoms with E-state index in [1.165, 1.54) is 11.1 Å². The highest BCUT2D eigenvalue weighted by molar-refractivity contribution is 7.10. The van der Waals surface area contributed by atoms with Crippen LogP contribution in [0.25, 0.3) is 6.08 Å². The summed E-state index contributed by atoms with van der Waals surface area (Å²) < 4.78 is 5.55. The van der Waals surface area contributed by atoms with Crippen LogP contribution in [0.15, 0.2) is 22.6 Å². The van der Waals surface area contributed by atoms with Crippen LogP contribution in [-0.2, 0) is 4.52 Å². The van der Waals surface area contributed by atoms with Crippen LogP contribution in [0.5, 0.6) is 0 Å². The van der Waals surface area contributed by atoms with Crippen LogP contribution in [0.2, 0.25) is 0 Å². The van der Waals surface area contributed by atoms with Crippen LogP contribution in [0.3, 0.4) is 0 Å². The first kappa shape index (κ1) is 20.5. The second-order valence-electron chi connectivity index (χ2n) is 6.27. The molecule has 0 aliphatic heterocycles. The number of aryl methyl sites for hydroxylation is 1. The van der Waals surface area contributed by atoms with Crippen molar-refractivity contribution in [3.63, 3.8) is 0 Å². The molecule has 0 aliphatic carbocycles. The molecule has 0 saturated heterocycles. The summed E-state index contributed by atoms with van der Waals surface area (Å²) in [7, 11) is 2.38. The molecule has 0 saturated carbocycles. The molecular weight excluding hydrogens is 325 g/mol. The van der Waals surface area contributed by atoms with Gasteiger partial charge in [-0.1, -0.05) is 18.6 Å². The predicted molar refractivity (Wildman–Crippen MR) is 104 cm³/mol. The number of nitrogens with zero attached hydrogens (tertiary/aromatic N) is 1. The highest BCUT2D eigenvalue weighted by atomic mass is 32.1. The lowest BCUT2D eigenvalue weighted by Gasteiger charge is -2.14. The number of aromatic nitrogens is 1. The van der Waals surface area contributed by atoms with Crippen LogP contribution >= 0.6 is 20.8 Å². The van der Waals surface area contributed by atoms with Crippen molar-refractivity contribution in [1.29, 1.82) is 0 Å². The standard InChI is InChI=1S/C18H30NO2PS/c1-13(6-5-7-14(2)11-20)8-9-18(21-22)15(3)10-17-12-23-16(4)19-17/h8,10,12,14,18,20H,5-7,9,11,22H2,1-4H3/b13-8-,15-10+/t14-,18-/m0/s1. The van der Waals surface area contributed by atoms with Crippen molar-refractivity contribution in [2.24, 2.45) is 5.92 Å². The average molecular weight is 355 g/mol. The molecule has 0 aliphatic rings. The second-order valence-corrected chi connectivity index (χ2v) is 7.61. The van der Waals surface area contributed by atoms with Gasteiger partial charge >= 0.3 is 0 Å². The lowest BCUT2D eigenvalue weighted by atomic mass is 10.0. The second kappa shape index (κ2) is 11.1. The number of aliphatic hydroxyl groups excluding tert-OH is 1. The van der Waals surface area contributed by atoms with Gasteiger partial charge in [-0.3, -0.25) is 0 Å². The zero-order valence-corrected chi connectivity index (χ0v) is 16.7. The monoisotopic (exact) mass is 355 g/mol. The quantitative estimate of drug-likeness (QED) is 0.465. The molecule has 1 rings (SSSR count). The van der Waals surface area contributed by atoms with Gasteiger partial charge in [-0.2, -0.15) is 0 Å². The van der Waals surface area contributed by atoms with Gasteiger partial charge in [0, 0.05) is 21.5 Å². The minimum atomic E-state index is 0.0633. The van der Waals surface area contributed by atoms with Crippen LogP contribution in [0.4, 0.5) is 0 Å². The number of thiazole rings is 1. The largest absolute Gasteiger partial charge is 0.396 e. The van der Waals surface area contributed by atoms with Crippen LogP contribution < -0.4 is 0 Å². The van der Waals surface area contributed by atoms with Crippen molar-refractivity contribution in [1.82, 2.24) is 4.98 Å². The molecule has 130 valence electrons. The van der Waals surface area contributed by atoms with E-state index in [0.29, 0.717) is 5.92 Å². The van der Waals surface area contributed by atoms with E-state index in [2.05, 4.69) is 52.8 Å². The highest BCUT2D eigenvalue weighted by Crippen LogP contribution is 2.20. The fourth-order valence-corrected chi connectivity index (χ4v) is 3.25. The fourth-order valence-electron chi connectivity index (χ4n) is 2.35. The van der Waals surface area contributed by atoms with Crippen molar-refractivity contribution in [2.45, 2.75) is 59.5 Å². The van der Waals surface area contributed by atoms with Crippen LogP contribution in [-0.4, -0.2) is 22.8 Å². The maximum atomic E-state index is 9.05. The maximum Gasteiger partial charge on any atom is 0.0901 e.